The molecule has 1 heterocycles. The summed E-state index contributed by atoms with van der Waals surface area (Å²) in [4.78, 5) is 0. The average Bonchev–Trinajstić information content (AvgIpc) is 3.20. The van der Waals surface area contributed by atoms with Crippen LogP contribution in [0.25, 0.3) is 22.3 Å². The fraction of sp³-hybridized carbons (Fsp3) is 0.200. The Morgan fingerprint density at radius 2 is 1.15 bits per heavy atom. The summed E-state index contributed by atoms with van der Waals surface area (Å²) in [5.74, 6) is 0. The molecule has 4 aromatic carbocycles. The SMILES string of the molecule is [2H]c1c([2H])c([2H])c(-c2ccc(Nc3ccc(-c4c([2H])c([2H])c([2H])c([2H])c4[2H])cc3B3OC(C)(C)C(C)(C)O3)cc2)c([2H])c1[2H]. The molecule has 0 saturated carbocycles. The van der Waals surface area contributed by atoms with Crippen molar-refractivity contribution in [3.05, 3.63) is 103 Å². The van der Waals surface area contributed by atoms with Crippen LogP contribution in [0, 0.1) is 0 Å². The first-order chi connectivity index (χ1) is 20.5. The van der Waals surface area contributed by atoms with Crippen molar-refractivity contribution in [2.24, 2.45) is 0 Å². The molecule has 0 unspecified atom stereocenters. The van der Waals surface area contributed by atoms with Crippen LogP contribution in [0.4, 0.5) is 11.4 Å². The third-order valence-electron chi connectivity index (χ3n) is 6.30. The second-order valence-electron chi connectivity index (χ2n) is 9.09. The van der Waals surface area contributed by atoms with Gasteiger partial charge in [0.15, 0.2) is 0 Å². The molecule has 1 aliphatic rings. The van der Waals surface area contributed by atoms with Crippen LogP contribution in [0.15, 0.2) is 103 Å². The summed E-state index contributed by atoms with van der Waals surface area (Å²) in [5, 5.41) is 3.33. The summed E-state index contributed by atoms with van der Waals surface area (Å²) < 4.78 is 94.1. The fourth-order valence-corrected chi connectivity index (χ4v) is 3.66. The standard InChI is InChI=1S/C30H30BNO2/c1-29(2)30(3,4)34-31(33-29)27-21-25(23-13-9-6-10-14-23)17-20-28(27)32-26-18-15-24(16-19-26)22-11-7-5-8-12-22/h5-21,32H,1-4H3/i5D,6D,7D,8D,9D,10D,11D,12D,13D,14D. The van der Waals surface area contributed by atoms with E-state index in [9.17, 15) is 0 Å². The fourth-order valence-electron chi connectivity index (χ4n) is 3.66. The molecule has 1 fully saturated rings. The Morgan fingerprint density at radius 1 is 0.647 bits per heavy atom. The van der Waals surface area contributed by atoms with E-state index >= 15 is 0 Å². The third-order valence-corrected chi connectivity index (χ3v) is 6.30. The van der Waals surface area contributed by atoms with Gasteiger partial charge < -0.3 is 14.6 Å². The van der Waals surface area contributed by atoms with E-state index in [1.54, 1.807) is 42.5 Å². The monoisotopic (exact) mass is 457 g/mol. The van der Waals surface area contributed by atoms with E-state index in [4.69, 9.17) is 23.0 Å². The average molecular weight is 457 g/mol. The van der Waals surface area contributed by atoms with Crippen LogP contribution in [0.5, 0.6) is 0 Å². The number of benzene rings is 4. The van der Waals surface area contributed by atoms with Gasteiger partial charge in [0.1, 0.15) is 0 Å². The lowest BCUT2D eigenvalue weighted by Gasteiger charge is -2.32. The molecule has 170 valence electrons. The highest BCUT2D eigenvalue weighted by atomic mass is 16.7. The van der Waals surface area contributed by atoms with Gasteiger partial charge in [-0.3, -0.25) is 0 Å². The third kappa shape index (κ3) is 4.39. The largest absolute Gasteiger partial charge is 0.497 e. The Labute approximate surface area is 217 Å². The Kier molecular flexibility index (Phi) is 3.50. The van der Waals surface area contributed by atoms with Crippen molar-refractivity contribution >= 4 is 24.0 Å². The molecule has 3 nitrogen and oxygen atoms in total. The summed E-state index contributed by atoms with van der Waals surface area (Å²) in [6.45, 7) is 7.66. The first kappa shape index (κ1) is 13.5. The molecule has 0 aliphatic carbocycles. The molecule has 1 aliphatic heterocycles. The zero-order valence-electron chi connectivity index (χ0n) is 29.4. The maximum absolute atomic E-state index is 8.46. The molecule has 1 N–H and O–H groups in total. The van der Waals surface area contributed by atoms with Crippen LogP contribution in [0.1, 0.15) is 41.4 Å². The number of nitrogens with one attached hydrogen (secondary N) is 1. The Bertz CT molecular complexity index is 1740. The second-order valence-corrected chi connectivity index (χ2v) is 9.09. The van der Waals surface area contributed by atoms with Crippen LogP contribution in [-0.2, 0) is 9.31 Å². The van der Waals surface area contributed by atoms with Crippen molar-refractivity contribution in [3.63, 3.8) is 0 Å². The molecular weight excluding hydrogens is 417 g/mol. The Balaban J connectivity index is 1.58. The minimum atomic E-state index is -0.849. The quantitative estimate of drug-likeness (QED) is 0.325. The van der Waals surface area contributed by atoms with Gasteiger partial charge in [-0.1, -0.05) is 84.7 Å². The minimum absolute atomic E-state index is 0.0586. The number of rotatable bonds is 5. The van der Waals surface area contributed by atoms with Gasteiger partial charge >= 0.3 is 7.12 Å². The van der Waals surface area contributed by atoms with Crippen LogP contribution >= 0.6 is 0 Å². The van der Waals surface area contributed by atoms with Gasteiger partial charge in [0.05, 0.1) is 24.9 Å². The van der Waals surface area contributed by atoms with Crippen LogP contribution in [0.2, 0.25) is 0 Å². The van der Waals surface area contributed by atoms with Gasteiger partial charge in [0, 0.05) is 16.8 Å². The van der Waals surface area contributed by atoms with Crippen LogP contribution < -0.4 is 10.8 Å². The highest BCUT2D eigenvalue weighted by Crippen LogP contribution is 2.37. The van der Waals surface area contributed by atoms with Gasteiger partial charge in [-0.25, -0.2) is 0 Å². The molecule has 34 heavy (non-hydrogen) atoms. The predicted octanol–water partition coefficient (Wildman–Crippen LogP) is 7.06. The molecule has 4 aromatic rings. The van der Waals surface area contributed by atoms with Crippen molar-refractivity contribution in [3.8, 4) is 22.3 Å². The minimum Gasteiger partial charge on any atom is -0.399 e. The highest BCUT2D eigenvalue weighted by molar-refractivity contribution is 6.64. The number of hydrogen-bond acceptors (Lipinski definition) is 3. The van der Waals surface area contributed by atoms with Crippen LogP contribution in [-0.4, -0.2) is 18.3 Å². The van der Waals surface area contributed by atoms with E-state index in [1.807, 2.05) is 27.7 Å². The van der Waals surface area contributed by atoms with E-state index in [1.165, 1.54) is 0 Å². The predicted molar refractivity (Wildman–Crippen MR) is 143 cm³/mol. The first-order valence-electron chi connectivity index (χ1n) is 16.0. The van der Waals surface area contributed by atoms with Crippen LogP contribution in [0.3, 0.4) is 0 Å². The Hall–Kier alpha value is -3.34. The van der Waals surface area contributed by atoms with Gasteiger partial charge in [-0.15, -0.1) is 0 Å². The smallest absolute Gasteiger partial charge is 0.399 e. The summed E-state index contributed by atoms with van der Waals surface area (Å²) in [6.07, 6.45) is 0. The molecular formula is C30H30BNO2. The van der Waals surface area contributed by atoms with Crippen molar-refractivity contribution in [2.45, 2.75) is 38.9 Å². The summed E-state index contributed by atoms with van der Waals surface area (Å²) in [6, 6.07) is 8.00. The van der Waals surface area contributed by atoms with Crippen molar-refractivity contribution in [2.75, 3.05) is 5.32 Å². The van der Waals surface area contributed by atoms with Gasteiger partial charge in [0.25, 0.3) is 0 Å². The van der Waals surface area contributed by atoms with E-state index in [0.717, 1.165) is 0 Å². The van der Waals surface area contributed by atoms with Crippen molar-refractivity contribution in [1.82, 2.24) is 0 Å². The van der Waals surface area contributed by atoms with E-state index in [2.05, 4.69) is 5.32 Å². The lowest BCUT2D eigenvalue weighted by atomic mass is 9.76. The van der Waals surface area contributed by atoms with Gasteiger partial charge in [-0.05, 0) is 68.1 Å². The molecule has 0 bridgehead atoms. The van der Waals surface area contributed by atoms with E-state index < -0.39 is 54.6 Å². The lowest BCUT2D eigenvalue weighted by molar-refractivity contribution is 0.00578. The molecule has 0 aromatic heterocycles. The maximum Gasteiger partial charge on any atom is 0.497 e. The number of hydrogen-bond donors (Lipinski definition) is 1. The van der Waals surface area contributed by atoms with E-state index in [0.29, 0.717) is 28.0 Å². The lowest BCUT2D eigenvalue weighted by Crippen LogP contribution is -2.41. The number of anilines is 2. The van der Waals surface area contributed by atoms with Gasteiger partial charge in [-0.2, -0.15) is 0 Å². The highest BCUT2D eigenvalue weighted by Gasteiger charge is 2.52. The zero-order valence-corrected chi connectivity index (χ0v) is 19.4. The second kappa shape index (κ2) is 8.79. The molecule has 0 atom stereocenters. The molecule has 1 saturated heterocycles. The van der Waals surface area contributed by atoms with Gasteiger partial charge in [0.2, 0.25) is 0 Å². The topological polar surface area (TPSA) is 30.5 Å². The summed E-state index contributed by atoms with van der Waals surface area (Å²) in [5.41, 5.74) is 1.41. The molecule has 0 spiro atoms. The van der Waals surface area contributed by atoms with E-state index in [-0.39, 0.29) is 35.3 Å². The normalized spacial score (nSPS) is 20.5. The molecule has 4 heteroatoms. The first-order valence-corrected chi connectivity index (χ1v) is 11.0. The molecule has 5 rings (SSSR count). The zero-order chi connectivity index (χ0) is 32.5. The Morgan fingerprint density at radius 3 is 1.71 bits per heavy atom. The summed E-state index contributed by atoms with van der Waals surface area (Å²) >= 11 is 0. The van der Waals surface area contributed by atoms with Crippen molar-refractivity contribution in [1.29, 1.82) is 0 Å². The van der Waals surface area contributed by atoms with Crippen molar-refractivity contribution < 1.29 is 23.0 Å². The maximum atomic E-state index is 8.46. The summed E-state index contributed by atoms with van der Waals surface area (Å²) in [7, 11) is -0.849. The molecule has 0 amide bonds. The molecule has 0 radical (unpaired) electrons.